The lowest BCUT2D eigenvalue weighted by Gasteiger charge is -2.26. The number of hydrogen-bond donors (Lipinski definition) is 4. The van der Waals surface area contributed by atoms with E-state index in [4.69, 9.17) is 4.74 Å². The lowest BCUT2D eigenvalue weighted by molar-refractivity contribution is 0.0383. The van der Waals surface area contributed by atoms with Gasteiger partial charge in [-0.2, -0.15) is 0 Å². The van der Waals surface area contributed by atoms with E-state index < -0.39 is 0 Å². The van der Waals surface area contributed by atoms with Crippen molar-refractivity contribution in [3.63, 3.8) is 0 Å². The van der Waals surface area contributed by atoms with Crippen LogP contribution in [0.5, 0.6) is 5.88 Å². The standard InChI is InChI=1S/C28H28N6O3/c35-27(30-9-11-33-13-15-37-16-14-33)19-1-4-22(5-2-19)32-24-7-8-25(34-12-10-29-26(24)34)20-3-6-23-21(17-20)18-31-28(23)36/h1-8,10,12,17-18,31-32,36H,9,11,13-16H2,(H,30,35). The van der Waals surface area contributed by atoms with Gasteiger partial charge < -0.3 is 25.5 Å². The summed E-state index contributed by atoms with van der Waals surface area (Å²) in [5, 5.41) is 18.1. The lowest BCUT2D eigenvalue weighted by atomic mass is 10.1. The number of rotatable bonds is 7. The van der Waals surface area contributed by atoms with Crippen molar-refractivity contribution in [2.75, 3.05) is 44.7 Å². The molecular formula is C28H28N6O3. The Bertz CT molecular complexity index is 1550. The number of carbonyl (C=O) groups excluding carboxylic acids is 1. The molecule has 0 aliphatic carbocycles. The Hall–Kier alpha value is -4.34. The van der Waals surface area contributed by atoms with Crippen LogP contribution in [0.2, 0.25) is 0 Å². The van der Waals surface area contributed by atoms with Gasteiger partial charge in [0.2, 0.25) is 0 Å². The highest BCUT2D eigenvalue weighted by Crippen LogP contribution is 2.31. The van der Waals surface area contributed by atoms with Gasteiger partial charge >= 0.3 is 0 Å². The molecule has 4 N–H and O–H groups in total. The number of imidazole rings is 1. The van der Waals surface area contributed by atoms with Crippen LogP contribution in [0.3, 0.4) is 0 Å². The average molecular weight is 497 g/mol. The van der Waals surface area contributed by atoms with E-state index in [1.165, 1.54) is 0 Å². The molecule has 9 nitrogen and oxygen atoms in total. The van der Waals surface area contributed by atoms with Crippen molar-refractivity contribution in [2.45, 2.75) is 0 Å². The molecular weight excluding hydrogens is 468 g/mol. The van der Waals surface area contributed by atoms with Crippen molar-refractivity contribution in [1.29, 1.82) is 0 Å². The molecule has 0 radical (unpaired) electrons. The van der Waals surface area contributed by atoms with Crippen molar-refractivity contribution >= 4 is 33.7 Å². The molecule has 3 aromatic heterocycles. The van der Waals surface area contributed by atoms with Gasteiger partial charge in [-0.25, -0.2) is 4.98 Å². The van der Waals surface area contributed by atoms with Gasteiger partial charge in [0, 0.05) is 66.8 Å². The number of carbonyl (C=O) groups is 1. The van der Waals surface area contributed by atoms with Crippen molar-refractivity contribution in [3.8, 4) is 17.1 Å². The van der Waals surface area contributed by atoms with Crippen molar-refractivity contribution in [1.82, 2.24) is 24.6 Å². The molecule has 1 aliphatic heterocycles. The third-order valence-corrected chi connectivity index (χ3v) is 6.76. The number of benzene rings is 2. The zero-order valence-electron chi connectivity index (χ0n) is 20.3. The number of nitrogens with zero attached hydrogens (tertiary/aromatic N) is 3. The second kappa shape index (κ2) is 9.96. The SMILES string of the molecule is O=C(NCCN1CCOCC1)c1ccc(Nc2ccc(-c3ccc4c(O)[nH]cc4c3)n3ccnc23)cc1. The summed E-state index contributed by atoms with van der Waals surface area (Å²) in [7, 11) is 0. The first-order chi connectivity index (χ1) is 18.2. The summed E-state index contributed by atoms with van der Waals surface area (Å²) >= 11 is 0. The molecule has 0 atom stereocenters. The molecule has 5 aromatic rings. The number of H-pyrrole nitrogens is 1. The van der Waals surface area contributed by atoms with Crippen LogP contribution in [0.1, 0.15) is 10.4 Å². The Kier molecular flexibility index (Phi) is 6.21. The molecule has 0 bridgehead atoms. The fourth-order valence-corrected chi connectivity index (χ4v) is 4.74. The lowest BCUT2D eigenvalue weighted by Crippen LogP contribution is -2.41. The number of pyridine rings is 1. The van der Waals surface area contributed by atoms with E-state index in [9.17, 15) is 9.90 Å². The van der Waals surface area contributed by atoms with Crippen LogP contribution in [0, 0.1) is 0 Å². The van der Waals surface area contributed by atoms with Crippen molar-refractivity contribution < 1.29 is 14.6 Å². The molecule has 188 valence electrons. The van der Waals surface area contributed by atoms with Crippen LogP contribution in [-0.4, -0.2) is 69.7 Å². The minimum absolute atomic E-state index is 0.0764. The van der Waals surface area contributed by atoms with Crippen molar-refractivity contribution in [3.05, 3.63) is 78.8 Å². The maximum atomic E-state index is 12.5. The predicted molar refractivity (Wildman–Crippen MR) is 143 cm³/mol. The van der Waals surface area contributed by atoms with E-state index in [1.807, 2.05) is 65.2 Å². The number of aromatic hydroxyl groups is 1. The third-order valence-electron chi connectivity index (χ3n) is 6.76. The Morgan fingerprint density at radius 3 is 2.76 bits per heavy atom. The molecule has 1 saturated heterocycles. The van der Waals surface area contributed by atoms with Crippen molar-refractivity contribution in [2.24, 2.45) is 0 Å². The molecule has 0 spiro atoms. The van der Waals surface area contributed by atoms with E-state index >= 15 is 0 Å². The normalized spacial score (nSPS) is 14.3. The van der Waals surface area contributed by atoms with Gasteiger partial charge in [0.05, 0.1) is 24.6 Å². The molecule has 0 unspecified atom stereocenters. The first-order valence-corrected chi connectivity index (χ1v) is 12.4. The van der Waals surface area contributed by atoms with Gasteiger partial charge in [-0.05, 0) is 54.1 Å². The second-order valence-electron chi connectivity index (χ2n) is 9.10. The Morgan fingerprint density at radius 1 is 1.08 bits per heavy atom. The highest BCUT2D eigenvalue weighted by Gasteiger charge is 2.13. The smallest absolute Gasteiger partial charge is 0.251 e. The number of morpholine rings is 1. The summed E-state index contributed by atoms with van der Waals surface area (Å²) in [5.74, 6) is 0.0953. The first-order valence-electron chi connectivity index (χ1n) is 12.4. The molecule has 4 heterocycles. The van der Waals surface area contributed by atoms with Gasteiger partial charge in [-0.3, -0.25) is 14.1 Å². The van der Waals surface area contributed by atoms with Gasteiger partial charge in [0.15, 0.2) is 11.5 Å². The van der Waals surface area contributed by atoms with Crippen LogP contribution in [0.15, 0.2) is 73.2 Å². The number of anilines is 2. The summed E-state index contributed by atoms with van der Waals surface area (Å²) in [5.41, 5.74) is 5.15. The van der Waals surface area contributed by atoms with Crippen LogP contribution in [-0.2, 0) is 4.74 Å². The van der Waals surface area contributed by atoms with Crippen LogP contribution < -0.4 is 10.6 Å². The third kappa shape index (κ3) is 4.74. The molecule has 6 rings (SSSR count). The van der Waals surface area contributed by atoms with E-state index in [1.54, 1.807) is 12.4 Å². The minimum atomic E-state index is -0.0764. The highest BCUT2D eigenvalue weighted by atomic mass is 16.5. The number of fused-ring (bicyclic) bond motifs is 2. The first kappa shape index (κ1) is 23.1. The average Bonchev–Trinajstić information content (AvgIpc) is 3.57. The molecule has 37 heavy (non-hydrogen) atoms. The molecule has 1 fully saturated rings. The number of aromatic nitrogens is 3. The zero-order chi connectivity index (χ0) is 25.2. The minimum Gasteiger partial charge on any atom is -0.494 e. The molecule has 2 aromatic carbocycles. The summed E-state index contributed by atoms with van der Waals surface area (Å²) in [4.78, 5) is 22.3. The number of hydrogen-bond acceptors (Lipinski definition) is 6. The van der Waals surface area contributed by atoms with Crippen LogP contribution in [0.4, 0.5) is 11.4 Å². The van der Waals surface area contributed by atoms with Gasteiger partial charge in [0.25, 0.3) is 5.91 Å². The second-order valence-corrected chi connectivity index (χ2v) is 9.10. The Labute approximate surface area is 213 Å². The van der Waals surface area contributed by atoms with Gasteiger partial charge in [0.1, 0.15) is 0 Å². The molecule has 1 amide bonds. The van der Waals surface area contributed by atoms with Crippen LogP contribution >= 0.6 is 0 Å². The summed E-state index contributed by atoms with van der Waals surface area (Å²) in [6.07, 6.45) is 5.50. The van der Waals surface area contributed by atoms with E-state index in [2.05, 4.69) is 25.5 Å². The fraction of sp³-hybridized carbons (Fsp3) is 0.214. The number of nitrogens with one attached hydrogen (secondary N) is 3. The molecule has 1 aliphatic rings. The summed E-state index contributed by atoms with van der Waals surface area (Å²) in [6.45, 7) is 4.77. The monoisotopic (exact) mass is 496 g/mol. The number of ether oxygens (including phenoxy) is 1. The number of aromatic amines is 1. The largest absolute Gasteiger partial charge is 0.494 e. The predicted octanol–water partition coefficient (Wildman–Crippen LogP) is 3.99. The topological polar surface area (TPSA) is 107 Å². The summed E-state index contributed by atoms with van der Waals surface area (Å²) < 4.78 is 7.40. The zero-order valence-corrected chi connectivity index (χ0v) is 20.3. The number of amides is 1. The maximum absolute atomic E-state index is 12.5. The summed E-state index contributed by atoms with van der Waals surface area (Å²) in [6, 6.07) is 17.4. The maximum Gasteiger partial charge on any atom is 0.251 e. The molecule has 0 saturated carbocycles. The fourth-order valence-electron chi connectivity index (χ4n) is 4.74. The highest BCUT2D eigenvalue weighted by molar-refractivity contribution is 5.95. The quantitative estimate of drug-likeness (QED) is 0.271. The van der Waals surface area contributed by atoms with Crippen LogP contribution in [0.25, 0.3) is 27.7 Å². The van der Waals surface area contributed by atoms with Gasteiger partial charge in [-0.1, -0.05) is 6.07 Å². The van der Waals surface area contributed by atoms with E-state index in [-0.39, 0.29) is 11.8 Å². The van der Waals surface area contributed by atoms with Gasteiger partial charge in [-0.15, -0.1) is 0 Å². The van der Waals surface area contributed by atoms with E-state index in [0.717, 1.165) is 71.9 Å². The van der Waals surface area contributed by atoms with E-state index in [0.29, 0.717) is 12.1 Å². The molecule has 9 heteroatoms. The Balaban J connectivity index is 1.15. The Morgan fingerprint density at radius 2 is 1.92 bits per heavy atom.